The third kappa shape index (κ3) is 3.54. The molecule has 1 nitrogen and oxygen atoms in total. The lowest BCUT2D eigenvalue weighted by atomic mass is 10.0. The van der Waals surface area contributed by atoms with Gasteiger partial charge in [-0.05, 0) is 49.8 Å². The number of likely N-dealkylation sites (N-methyl/N-ethyl adjacent to an activating group) is 1. The summed E-state index contributed by atoms with van der Waals surface area (Å²) < 4.78 is 0. The smallest absolute Gasteiger partial charge is 0.0453 e. The molecule has 1 heterocycles. The Hall–Kier alpha value is 0.110. The van der Waals surface area contributed by atoms with Crippen LogP contribution in [0.25, 0.3) is 0 Å². The van der Waals surface area contributed by atoms with Crippen LogP contribution in [0.2, 0.25) is 10.0 Å². The second-order valence-electron chi connectivity index (χ2n) is 4.39. The number of thioether (sulfide) groups is 1. The Bertz CT molecular complexity index is 378. The van der Waals surface area contributed by atoms with Crippen LogP contribution >= 0.6 is 35.0 Å². The van der Waals surface area contributed by atoms with Gasteiger partial charge >= 0.3 is 0 Å². The second-order valence-corrected chi connectivity index (χ2v) is 6.58. The van der Waals surface area contributed by atoms with Crippen molar-refractivity contribution >= 4 is 35.0 Å². The first kappa shape index (κ1) is 13.5. The van der Waals surface area contributed by atoms with Gasteiger partial charge in [-0.3, -0.25) is 0 Å². The van der Waals surface area contributed by atoms with Crippen LogP contribution < -0.4 is 5.32 Å². The fraction of sp³-hybridized carbons (Fsp3) is 0.538. The number of benzene rings is 1. The molecule has 2 rings (SSSR count). The van der Waals surface area contributed by atoms with Gasteiger partial charge in [-0.1, -0.05) is 29.3 Å². The van der Waals surface area contributed by atoms with Gasteiger partial charge in [0.15, 0.2) is 0 Å². The Morgan fingerprint density at radius 3 is 2.88 bits per heavy atom. The predicted octanol–water partition coefficient (Wildman–Crippen LogP) is 4.02. The molecule has 0 bridgehead atoms. The number of rotatable bonds is 4. The highest BCUT2D eigenvalue weighted by atomic mass is 35.5. The van der Waals surface area contributed by atoms with Crippen molar-refractivity contribution in [3.8, 4) is 0 Å². The summed E-state index contributed by atoms with van der Waals surface area (Å²) in [7, 11) is 2.04. The summed E-state index contributed by atoms with van der Waals surface area (Å²) in [6.45, 7) is 0. The van der Waals surface area contributed by atoms with E-state index in [4.69, 9.17) is 23.2 Å². The van der Waals surface area contributed by atoms with Gasteiger partial charge in [-0.25, -0.2) is 0 Å². The Morgan fingerprint density at radius 1 is 1.47 bits per heavy atom. The Labute approximate surface area is 117 Å². The molecule has 0 saturated carbocycles. The molecule has 0 amide bonds. The average Bonchev–Trinajstić information content (AvgIpc) is 2.81. The Morgan fingerprint density at radius 2 is 2.29 bits per heavy atom. The predicted molar refractivity (Wildman–Crippen MR) is 78.5 cm³/mol. The second kappa shape index (κ2) is 6.33. The normalized spacial score (nSPS) is 21.7. The van der Waals surface area contributed by atoms with Crippen molar-refractivity contribution in [3.05, 3.63) is 33.8 Å². The monoisotopic (exact) mass is 289 g/mol. The van der Waals surface area contributed by atoms with E-state index in [1.54, 1.807) is 0 Å². The van der Waals surface area contributed by atoms with Gasteiger partial charge in [0.2, 0.25) is 0 Å². The largest absolute Gasteiger partial charge is 0.316 e. The molecule has 0 radical (unpaired) electrons. The molecule has 1 aliphatic heterocycles. The lowest BCUT2D eigenvalue weighted by Gasteiger charge is -2.22. The van der Waals surface area contributed by atoms with E-state index in [2.05, 4.69) is 17.1 Å². The molecule has 1 aromatic carbocycles. The maximum atomic E-state index is 6.22. The Balaban J connectivity index is 2.06. The molecule has 0 aromatic heterocycles. The highest BCUT2D eigenvalue weighted by molar-refractivity contribution is 8.00. The van der Waals surface area contributed by atoms with E-state index in [0.717, 1.165) is 11.4 Å². The number of nitrogens with one attached hydrogen (secondary N) is 1. The van der Waals surface area contributed by atoms with Crippen LogP contribution in [-0.4, -0.2) is 24.1 Å². The van der Waals surface area contributed by atoms with Gasteiger partial charge in [0.1, 0.15) is 0 Å². The molecule has 1 aliphatic rings. The van der Waals surface area contributed by atoms with Gasteiger partial charge in [-0.2, -0.15) is 11.8 Å². The lowest BCUT2D eigenvalue weighted by molar-refractivity contribution is 0.524. The van der Waals surface area contributed by atoms with Crippen molar-refractivity contribution in [3.63, 3.8) is 0 Å². The van der Waals surface area contributed by atoms with E-state index in [1.807, 2.05) is 25.2 Å². The minimum atomic E-state index is 0.501. The first-order chi connectivity index (χ1) is 8.20. The van der Waals surface area contributed by atoms with Crippen LogP contribution in [0.5, 0.6) is 0 Å². The highest BCUT2D eigenvalue weighted by Gasteiger charge is 2.25. The summed E-state index contributed by atoms with van der Waals surface area (Å²) in [6.07, 6.45) is 3.62. The fourth-order valence-corrected chi connectivity index (χ4v) is 4.18. The summed E-state index contributed by atoms with van der Waals surface area (Å²) in [5.74, 6) is 1.29. The minimum absolute atomic E-state index is 0.501. The van der Waals surface area contributed by atoms with Crippen molar-refractivity contribution in [2.24, 2.45) is 0 Å². The summed E-state index contributed by atoms with van der Waals surface area (Å²) in [5.41, 5.74) is 1.18. The van der Waals surface area contributed by atoms with E-state index in [9.17, 15) is 0 Å². The van der Waals surface area contributed by atoms with E-state index in [0.29, 0.717) is 16.3 Å². The zero-order chi connectivity index (χ0) is 12.3. The van der Waals surface area contributed by atoms with Gasteiger partial charge in [-0.15, -0.1) is 0 Å². The van der Waals surface area contributed by atoms with Crippen molar-refractivity contribution in [1.29, 1.82) is 0 Å². The van der Waals surface area contributed by atoms with E-state index in [1.165, 1.54) is 24.2 Å². The molecule has 2 unspecified atom stereocenters. The van der Waals surface area contributed by atoms with Crippen molar-refractivity contribution in [1.82, 2.24) is 5.32 Å². The third-order valence-electron chi connectivity index (χ3n) is 3.24. The summed E-state index contributed by atoms with van der Waals surface area (Å²) >= 11 is 14.2. The number of halogens is 2. The molecule has 1 saturated heterocycles. The van der Waals surface area contributed by atoms with Crippen LogP contribution in [0.3, 0.4) is 0 Å². The fourth-order valence-electron chi connectivity index (χ4n) is 2.26. The molecule has 2 atom stereocenters. The van der Waals surface area contributed by atoms with E-state index < -0.39 is 0 Å². The lowest BCUT2D eigenvalue weighted by Crippen LogP contribution is -2.36. The van der Waals surface area contributed by atoms with Gasteiger partial charge in [0, 0.05) is 21.3 Å². The van der Waals surface area contributed by atoms with Crippen LogP contribution in [0, 0.1) is 0 Å². The molecule has 1 aromatic rings. The molecular weight excluding hydrogens is 273 g/mol. The molecule has 0 spiro atoms. The minimum Gasteiger partial charge on any atom is -0.316 e. The highest BCUT2D eigenvalue weighted by Crippen LogP contribution is 2.31. The quantitative estimate of drug-likeness (QED) is 0.899. The Kier molecular flexibility index (Phi) is 5.04. The molecule has 4 heteroatoms. The van der Waals surface area contributed by atoms with E-state index in [-0.39, 0.29) is 0 Å². The first-order valence-corrected chi connectivity index (χ1v) is 7.74. The molecule has 94 valence electrons. The number of hydrogen-bond acceptors (Lipinski definition) is 2. The molecule has 1 N–H and O–H groups in total. The summed E-state index contributed by atoms with van der Waals surface area (Å²) in [5, 5.41) is 5.62. The van der Waals surface area contributed by atoms with E-state index >= 15 is 0 Å². The van der Waals surface area contributed by atoms with Crippen molar-refractivity contribution in [2.75, 3.05) is 12.8 Å². The summed E-state index contributed by atoms with van der Waals surface area (Å²) in [4.78, 5) is 0. The SMILES string of the molecule is CNC(Cc1ccc(Cl)cc1Cl)C1CCCS1. The number of hydrogen-bond donors (Lipinski definition) is 1. The zero-order valence-electron chi connectivity index (χ0n) is 9.88. The maximum absolute atomic E-state index is 6.22. The van der Waals surface area contributed by atoms with Gasteiger partial charge in [0.25, 0.3) is 0 Å². The third-order valence-corrected chi connectivity index (χ3v) is 5.34. The molecular formula is C13H17Cl2NS. The van der Waals surface area contributed by atoms with Crippen molar-refractivity contribution < 1.29 is 0 Å². The van der Waals surface area contributed by atoms with Gasteiger partial charge in [0.05, 0.1) is 0 Å². The zero-order valence-corrected chi connectivity index (χ0v) is 12.2. The van der Waals surface area contributed by atoms with Crippen LogP contribution in [-0.2, 0) is 6.42 Å². The van der Waals surface area contributed by atoms with Crippen LogP contribution in [0.15, 0.2) is 18.2 Å². The summed E-state index contributed by atoms with van der Waals surface area (Å²) in [6, 6.07) is 6.28. The molecule has 1 fully saturated rings. The van der Waals surface area contributed by atoms with Crippen LogP contribution in [0.4, 0.5) is 0 Å². The van der Waals surface area contributed by atoms with Gasteiger partial charge < -0.3 is 5.32 Å². The molecule has 0 aliphatic carbocycles. The maximum Gasteiger partial charge on any atom is 0.0453 e. The standard InChI is InChI=1S/C13H17Cl2NS/c1-16-12(13-3-2-6-17-13)7-9-4-5-10(14)8-11(9)15/h4-5,8,12-13,16H,2-3,6-7H2,1H3. The van der Waals surface area contributed by atoms with Crippen molar-refractivity contribution in [2.45, 2.75) is 30.6 Å². The molecule has 17 heavy (non-hydrogen) atoms. The average molecular weight is 290 g/mol. The van der Waals surface area contributed by atoms with Crippen LogP contribution in [0.1, 0.15) is 18.4 Å². The topological polar surface area (TPSA) is 12.0 Å². The first-order valence-electron chi connectivity index (χ1n) is 5.93.